The van der Waals surface area contributed by atoms with E-state index in [1.807, 2.05) is 0 Å². The van der Waals surface area contributed by atoms with Crippen molar-refractivity contribution in [1.29, 1.82) is 0 Å². The first-order valence-corrected chi connectivity index (χ1v) is 6.88. The number of anilines is 1. The lowest BCUT2D eigenvalue weighted by atomic mass is 10.2. The van der Waals surface area contributed by atoms with Crippen LogP contribution in [0.1, 0.15) is 25.7 Å². The summed E-state index contributed by atoms with van der Waals surface area (Å²) in [6.07, 6.45) is 3.46. The molecule has 1 aromatic rings. The molecule has 0 fully saturated rings. The first kappa shape index (κ1) is 17.6. The Kier molecular flexibility index (Phi) is 7.60. The quantitative estimate of drug-likeness (QED) is 0.508. The molecule has 22 heavy (non-hydrogen) atoms. The average Bonchev–Trinajstić information content (AvgIpc) is 2.48. The van der Waals surface area contributed by atoms with E-state index in [2.05, 4.69) is 10.6 Å². The molecule has 0 aliphatic rings. The van der Waals surface area contributed by atoms with Gasteiger partial charge in [0.25, 0.3) is 0 Å². The lowest BCUT2D eigenvalue weighted by Crippen LogP contribution is -2.29. The highest BCUT2D eigenvalue weighted by molar-refractivity contribution is 5.89. The fraction of sp³-hybridized carbons (Fsp3) is 0.333. The lowest BCUT2D eigenvalue weighted by molar-refractivity contribution is -0.134. The van der Waals surface area contributed by atoms with Gasteiger partial charge < -0.3 is 15.7 Å². The molecule has 0 saturated heterocycles. The van der Waals surface area contributed by atoms with Crippen molar-refractivity contribution in [1.82, 2.24) is 5.32 Å². The van der Waals surface area contributed by atoms with Gasteiger partial charge in [-0.2, -0.15) is 4.39 Å². The van der Waals surface area contributed by atoms with Gasteiger partial charge in [0.05, 0.1) is 0 Å². The molecule has 0 aromatic heterocycles. The number of urea groups is 1. The van der Waals surface area contributed by atoms with Gasteiger partial charge in [0.1, 0.15) is 5.82 Å². The van der Waals surface area contributed by atoms with Crippen LogP contribution in [0.4, 0.5) is 19.3 Å². The molecule has 7 heteroatoms. The third-order valence-electron chi connectivity index (χ3n) is 2.80. The highest BCUT2D eigenvalue weighted by Crippen LogP contribution is 2.08. The number of allylic oxidation sites excluding steroid dienone is 1. The Morgan fingerprint density at radius 2 is 1.82 bits per heavy atom. The van der Waals surface area contributed by atoms with Crippen LogP contribution in [0.25, 0.3) is 0 Å². The average molecular weight is 312 g/mol. The molecule has 5 nitrogen and oxygen atoms in total. The van der Waals surface area contributed by atoms with Crippen LogP contribution in [0, 0.1) is 5.82 Å². The maximum Gasteiger partial charge on any atom is 0.364 e. The number of nitrogens with one attached hydrogen (secondary N) is 2. The summed E-state index contributed by atoms with van der Waals surface area (Å²) in [5, 5.41) is 13.5. The Balaban J connectivity index is 2.09. The van der Waals surface area contributed by atoms with E-state index in [4.69, 9.17) is 5.11 Å². The second kappa shape index (κ2) is 9.49. The zero-order valence-corrected chi connectivity index (χ0v) is 11.9. The number of carboxylic acid groups (broad SMARTS) is 1. The molecule has 0 saturated carbocycles. The molecule has 0 spiro atoms. The highest BCUT2D eigenvalue weighted by Gasteiger charge is 2.03. The zero-order valence-electron chi connectivity index (χ0n) is 11.9. The van der Waals surface area contributed by atoms with E-state index in [1.54, 1.807) is 0 Å². The van der Waals surface area contributed by atoms with Crippen molar-refractivity contribution in [2.75, 3.05) is 11.9 Å². The normalized spacial score (nSPS) is 11.1. The summed E-state index contributed by atoms with van der Waals surface area (Å²) in [4.78, 5) is 21.7. The van der Waals surface area contributed by atoms with Gasteiger partial charge in [-0.15, -0.1) is 0 Å². The Bertz CT molecular complexity index is 530. The van der Waals surface area contributed by atoms with Crippen LogP contribution in [0.15, 0.2) is 36.2 Å². The summed E-state index contributed by atoms with van der Waals surface area (Å²) in [5.41, 5.74) is 0.494. The molecule has 0 aliphatic heterocycles. The summed E-state index contributed by atoms with van der Waals surface area (Å²) < 4.78 is 25.3. The minimum atomic E-state index is -1.56. The molecule has 2 amide bonds. The molecule has 120 valence electrons. The van der Waals surface area contributed by atoms with Gasteiger partial charge in [0, 0.05) is 12.2 Å². The van der Waals surface area contributed by atoms with Gasteiger partial charge >= 0.3 is 12.0 Å². The Morgan fingerprint density at radius 1 is 1.14 bits per heavy atom. The molecule has 3 N–H and O–H groups in total. The lowest BCUT2D eigenvalue weighted by Gasteiger charge is -2.07. The summed E-state index contributed by atoms with van der Waals surface area (Å²) in [7, 11) is 0. The number of carbonyl (C=O) groups is 2. The Labute approximate surface area is 127 Å². The van der Waals surface area contributed by atoms with E-state index in [0.29, 0.717) is 31.5 Å². The number of carboxylic acids is 1. The van der Waals surface area contributed by atoms with Crippen molar-refractivity contribution >= 4 is 17.7 Å². The topological polar surface area (TPSA) is 78.4 Å². The number of carbonyl (C=O) groups excluding carboxylic acids is 1. The summed E-state index contributed by atoms with van der Waals surface area (Å²) in [6, 6.07) is 5.03. The standard InChI is InChI=1S/C15H18F2N2O3/c16-11-6-8-12(9-7-11)19-15(22)18-10-4-2-1-3-5-13(17)14(20)21/h5-9H,1-4,10H2,(H,20,21)(H2,18,19,22). The van der Waals surface area contributed by atoms with Crippen molar-refractivity contribution in [3.05, 3.63) is 42.0 Å². The molecule has 0 unspecified atom stereocenters. The van der Waals surface area contributed by atoms with E-state index in [1.165, 1.54) is 24.3 Å². The van der Waals surface area contributed by atoms with Crippen molar-refractivity contribution in [3.63, 3.8) is 0 Å². The van der Waals surface area contributed by atoms with Crippen LogP contribution in [0.5, 0.6) is 0 Å². The predicted octanol–water partition coefficient (Wildman–Crippen LogP) is 3.45. The van der Waals surface area contributed by atoms with E-state index >= 15 is 0 Å². The molecule has 0 bridgehead atoms. The van der Waals surface area contributed by atoms with Gasteiger partial charge in [0.2, 0.25) is 5.83 Å². The Hall–Kier alpha value is -2.44. The van der Waals surface area contributed by atoms with Crippen molar-refractivity contribution < 1.29 is 23.5 Å². The molecule has 1 rings (SSSR count). The second-order valence-corrected chi connectivity index (χ2v) is 4.59. The smallest absolute Gasteiger partial charge is 0.364 e. The SMILES string of the molecule is O=C(NCCCCCC=C(F)C(=O)O)Nc1ccc(F)cc1. The third kappa shape index (κ3) is 7.37. The summed E-state index contributed by atoms with van der Waals surface area (Å²) >= 11 is 0. The van der Waals surface area contributed by atoms with Crippen LogP contribution >= 0.6 is 0 Å². The van der Waals surface area contributed by atoms with Crippen molar-refractivity contribution in [2.24, 2.45) is 0 Å². The minimum absolute atomic E-state index is 0.347. The second-order valence-electron chi connectivity index (χ2n) is 4.59. The number of hydrogen-bond acceptors (Lipinski definition) is 2. The molecule has 0 atom stereocenters. The number of amides is 2. The summed E-state index contributed by atoms with van der Waals surface area (Å²) in [5.74, 6) is -3.07. The van der Waals surface area contributed by atoms with Crippen LogP contribution < -0.4 is 10.6 Å². The fourth-order valence-electron chi connectivity index (χ4n) is 1.67. The maximum absolute atomic E-state index is 12.7. The monoisotopic (exact) mass is 312 g/mol. The molecule has 0 radical (unpaired) electrons. The highest BCUT2D eigenvalue weighted by atomic mass is 19.1. The van der Waals surface area contributed by atoms with E-state index < -0.39 is 11.8 Å². The zero-order chi connectivity index (χ0) is 16.4. The Morgan fingerprint density at radius 3 is 2.45 bits per heavy atom. The van der Waals surface area contributed by atoms with Gasteiger partial charge in [-0.25, -0.2) is 14.0 Å². The first-order valence-electron chi connectivity index (χ1n) is 6.88. The van der Waals surface area contributed by atoms with Crippen molar-refractivity contribution in [3.8, 4) is 0 Å². The van der Waals surface area contributed by atoms with Crippen LogP contribution in [-0.2, 0) is 4.79 Å². The van der Waals surface area contributed by atoms with Crippen LogP contribution in [-0.4, -0.2) is 23.7 Å². The first-order chi connectivity index (χ1) is 10.5. The summed E-state index contributed by atoms with van der Waals surface area (Å²) in [6.45, 7) is 0.443. The van der Waals surface area contributed by atoms with E-state index in [0.717, 1.165) is 12.5 Å². The minimum Gasteiger partial charge on any atom is -0.476 e. The largest absolute Gasteiger partial charge is 0.476 e. The molecular formula is C15H18F2N2O3. The van der Waals surface area contributed by atoms with Crippen LogP contribution in [0.2, 0.25) is 0 Å². The molecule has 1 aromatic carbocycles. The predicted molar refractivity (Wildman–Crippen MR) is 78.7 cm³/mol. The van der Waals surface area contributed by atoms with Gasteiger partial charge in [0.15, 0.2) is 0 Å². The van der Waals surface area contributed by atoms with Crippen LogP contribution in [0.3, 0.4) is 0 Å². The van der Waals surface area contributed by atoms with Gasteiger partial charge in [-0.05, 0) is 49.6 Å². The molecule has 0 heterocycles. The number of halogens is 2. The number of aliphatic carboxylic acids is 1. The van der Waals surface area contributed by atoms with E-state index in [-0.39, 0.29) is 11.8 Å². The van der Waals surface area contributed by atoms with Gasteiger partial charge in [-0.1, -0.05) is 6.42 Å². The number of rotatable bonds is 8. The maximum atomic E-state index is 12.7. The van der Waals surface area contributed by atoms with Gasteiger partial charge in [-0.3, -0.25) is 0 Å². The fourth-order valence-corrected chi connectivity index (χ4v) is 1.67. The molecular weight excluding hydrogens is 294 g/mol. The molecule has 0 aliphatic carbocycles. The van der Waals surface area contributed by atoms with Crippen molar-refractivity contribution in [2.45, 2.75) is 25.7 Å². The number of unbranched alkanes of at least 4 members (excludes halogenated alkanes) is 3. The number of hydrogen-bond donors (Lipinski definition) is 3. The third-order valence-corrected chi connectivity index (χ3v) is 2.80. The van der Waals surface area contributed by atoms with E-state index in [9.17, 15) is 18.4 Å². The number of benzene rings is 1.